The van der Waals surface area contributed by atoms with Crippen LogP contribution in [-0.4, -0.2) is 36.6 Å². The summed E-state index contributed by atoms with van der Waals surface area (Å²) < 4.78 is 0.667. The van der Waals surface area contributed by atoms with Gasteiger partial charge in [0.2, 0.25) is 11.8 Å². The van der Waals surface area contributed by atoms with E-state index in [1.54, 1.807) is 18.5 Å². The molecule has 0 amide bonds. The lowest BCUT2D eigenvalue weighted by Crippen LogP contribution is -2.19. The van der Waals surface area contributed by atoms with E-state index in [1.807, 2.05) is 0 Å². The minimum absolute atomic E-state index is 0.127. The molecule has 2 N–H and O–H groups in total. The zero-order valence-corrected chi connectivity index (χ0v) is 11.8. The second-order valence-corrected chi connectivity index (χ2v) is 5.88. The van der Waals surface area contributed by atoms with E-state index >= 15 is 0 Å². The lowest BCUT2D eigenvalue weighted by atomic mass is 10.5. The number of aromatic nitrogens is 3. The Balaban J connectivity index is 1.71. The molecular formula is C11H11N3O4S2. The fraction of sp³-hybridized carbons (Fsp3) is 0.182. The number of carbonyl (C=O) groups excluding carboxylic acids is 1. The Morgan fingerprint density at radius 1 is 1.25 bits per heavy atom. The first-order valence-corrected chi connectivity index (χ1v) is 7.86. The van der Waals surface area contributed by atoms with E-state index in [9.17, 15) is 15.0 Å². The zero-order chi connectivity index (χ0) is 14.4. The summed E-state index contributed by atoms with van der Waals surface area (Å²) in [4.78, 5) is 24.3. The number of aromatic hydroxyl groups is 2. The highest BCUT2D eigenvalue weighted by Crippen LogP contribution is 2.28. The van der Waals surface area contributed by atoms with Gasteiger partial charge in [-0.25, -0.2) is 14.8 Å². The second kappa shape index (κ2) is 7.06. The molecule has 9 heteroatoms. The highest BCUT2D eigenvalue weighted by Gasteiger charge is 2.12. The van der Waals surface area contributed by atoms with Crippen molar-refractivity contribution in [1.29, 1.82) is 0 Å². The molecule has 2 aromatic heterocycles. The van der Waals surface area contributed by atoms with Crippen molar-refractivity contribution in [3.05, 3.63) is 30.6 Å². The summed E-state index contributed by atoms with van der Waals surface area (Å²) in [6.07, 6.45) is 3.41. The van der Waals surface area contributed by atoms with Crippen LogP contribution in [0.15, 0.2) is 35.7 Å². The summed E-state index contributed by atoms with van der Waals surface area (Å²) in [5.74, 6) is -0.745. The van der Waals surface area contributed by atoms with Gasteiger partial charge in [0.1, 0.15) is 0 Å². The van der Waals surface area contributed by atoms with Crippen LogP contribution in [0.3, 0.4) is 0 Å². The number of nitrogens with zero attached hydrogens (tertiary/aromatic N) is 3. The summed E-state index contributed by atoms with van der Waals surface area (Å²) in [7, 11) is 2.77. The van der Waals surface area contributed by atoms with Crippen LogP contribution in [0, 0.1) is 0 Å². The van der Waals surface area contributed by atoms with Gasteiger partial charge < -0.3 is 15.1 Å². The molecule has 2 heterocycles. The summed E-state index contributed by atoms with van der Waals surface area (Å²) in [6.45, 7) is 0. The number of hydrogen-bond acceptors (Lipinski definition) is 8. The number of carbonyl (C=O) groups is 1. The molecule has 0 unspecified atom stereocenters. The van der Waals surface area contributed by atoms with E-state index in [-0.39, 0.29) is 18.2 Å². The van der Waals surface area contributed by atoms with Crippen molar-refractivity contribution in [3.63, 3.8) is 0 Å². The Hall–Kier alpha value is -1.87. The van der Waals surface area contributed by atoms with Crippen LogP contribution < -0.4 is 4.84 Å². The summed E-state index contributed by atoms with van der Waals surface area (Å²) >= 11 is 0. The Kier molecular flexibility index (Phi) is 5.13. The molecule has 0 atom stereocenters. The van der Waals surface area contributed by atoms with Crippen molar-refractivity contribution in [2.75, 3.05) is 5.75 Å². The normalized spacial score (nSPS) is 10.4. The minimum Gasteiger partial charge on any atom is -0.492 e. The van der Waals surface area contributed by atoms with Crippen LogP contribution in [0.4, 0.5) is 0 Å². The van der Waals surface area contributed by atoms with Crippen molar-refractivity contribution in [2.45, 2.75) is 11.6 Å². The average molecular weight is 313 g/mol. The molecule has 0 saturated carbocycles. The molecule has 0 fully saturated rings. The molecule has 0 radical (unpaired) electrons. The van der Waals surface area contributed by atoms with Crippen LogP contribution in [0.5, 0.6) is 11.8 Å². The van der Waals surface area contributed by atoms with E-state index in [1.165, 1.54) is 33.7 Å². The number of rotatable bonds is 6. The van der Waals surface area contributed by atoms with E-state index in [0.717, 1.165) is 0 Å². The first-order valence-electron chi connectivity index (χ1n) is 5.54. The summed E-state index contributed by atoms with van der Waals surface area (Å²) in [6, 6.07) is 4.17. The monoisotopic (exact) mass is 313 g/mol. The second-order valence-electron chi connectivity index (χ2n) is 3.49. The van der Waals surface area contributed by atoms with Gasteiger partial charge in [0.15, 0.2) is 5.16 Å². The topological polar surface area (TPSA) is 97.5 Å². The smallest absolute Gasteiger partial charge is 0.334 e. The van der Waals surface area contributed by atoms with E-state index in [2.05, 4.69) is 9.97 Å². The highest BCUT2D eigenvalue weighted by atomic mass is 33.1. The van der Waals surface area contributed by atoms with Crippen LogP contribution in [-0.2, 0) is 4.79 Å². The molecule has 106 valence electrons. The highest BCUT2D eigenvalue weighted by molar-refractivity contribution is 8.76. The molecule has 0 aromatic carbocycles. The molecule has 0 bridgehead atoms. The van der Waals surface area contributed by atoms with Crippen molar-refractivity contribution in [2.24, 2.45) is 0 Å². The Labute approximate surface area is 122 Å². The molecule has 0 aliphatic carbocycles. The standard InChI is InChI=1S/C11H11N3O4S2/c15-8-2-3-9(16)14(8)18-10(17)4-7-19-20-11-12-5-1-6-13-11/h1-3,5-6,15-16H,4,7H2. The number of hydrogen-bond donors (Lipinski definition) is 2. The van der Waals surface area contributed by atoms with Gasteiger partial charge >= 0.3 is 5.97 Å². The quantitative estimate of drug-likeness (QED) is 0.470. The van der Waals surface area contributed by atoms with E-state index in [0.29, 0.717) is 15.6 Å². The maximum absolute atomic E-state index is 11.5. The molecule has 0 spiro atoms. The van der Waals surface area contributed by atoms with Gasteiger partial charge in [-0.1, -0.05) is 10.8 Å². The first-order chi connectivity index (χ1) is 9.66. The average Bonchev–Trinajstić information content (AvgIpc) is 2.77. The van der Waals surface area contributed by atoms with Gasteiger partial charge in [-0.15, -0.1) is 4.73 Å². The molecule has 0 aliphatic rings. The Bertz CT molecular complexity index is 557. The SMILES string of the molecule is O=C(CCSSc1ncccn1)On1c(O)ccc1O. The first kappa shape index (κ1) is 14.5. The molecule has 20 heavy (non-hydrogen) atoms. The van der Waals surface area contributed by atoms with Gasteiger partial charge in [0.05, 0.1) is 6.42 Å². The van der Waals surface area contributed by atoms with Crippen molar-refractivity contribution < 1.29 is 19.8 Å². The molecule has 7 nitrogen and oxygen atoms in total. The van der Waals surface area contributed by atoms with Gasteiger partial charge in [0.25, 0.3) is 0 Å². The lowest BCUT2D eigenvalue weighted by Gasteiger charge is -2.06. The zero-order valence-electron chi connectivity index (χ0n) is 10.2. The summed E-state index contributed by atoms with van der Waals surface area (Å²) in [5, 5.41) is 19.2. The van der Waals surface area contributed by atoms with Crippen molar-refractivity contribution in [3.8, 4) is 11.8 Å². The maximum atomic E-state index is 11.5. The molecule has 0 saturated heterocycles. The van der Waals surface area contributed by atoms with E-state index < -0.39 is 5.97 Å². The van der Waals surface area contributed by atoms with E-state index in [4.69, 9.17) is 4.84 Å². The third-order valence-electron chi connectivity index (χ3n) is 2.06. The minimum atomic E-state index is -0.561. The summed E-state index contributed by atoms with van der Waals surface area (Å²) in [5.41, 5.74) is 0. The molecule has 2 rings (SSSR count). The predicted octanol–water partition coefficient (Wildman–Crippen LogP) is 1.48. The fourth-order valence-corrected chi connectivity index (χ4v) is 2.91. The predicted molar refractivity (Wildman–Crippen MR) is 74.3 cm³/mol. The van der Waals surface area contributed by atoms with Gasteiger partial charge in [-0.3, -0.25) is 0 Å². The Morgan fingerprint density at radius 2 is 1.90 bits per heavy atom. The lowest BCUT2D eigenvalue weighted by molar-refractivity contribution is -0.144. The van der Waals surface area contributed by atoms with Gasteiger partial charge in [0, 0.05) is 30.3 Å². The van der Waals surface area contributed by atoms with Crippen LogP contribution in [0.1, 0.15) is 6.42 Å². The van der Waals surface area contributed by atoms with Crippen LogP contribution >= 0.6 is 21.6 Å². The molecule has 0 aliphatic heterocycles. The fourth-order valence-electron chi connectivity index (χ4n) is 1.19. The van der Waals surface area contributed by atoms with Gasteiger partial charge in [-0.2, -0.15) is 0 Å². The van der Waals surface area contributed by atoms with Gasteiger partial charge in [-0.05, 0) is 16.9 Å². The molecule has 2 aromatic rings. The van der Waals surface area contributed by atoms with Crippen molar-refractivity contribution in [1.82, 2.24) is 14.7 Å². The van der Waals surface area contributed by atoms with Crippen molar-refractivity contribution >= 4 is 27.6 Å². The Morgan fingerprint density at radius 3 is 2.55 bits per heavy atom. The molecular weight excluding hydrogens is 302 g/mol. The largest absolute Gasteiger partial charge is 0.492 e. The maximum Gasteiger partial charge on any atom is 0.334 e. The van der Waals surface area contributed by atoms with Crippen LogP contribution in [0.2, 0.25) is 0 Å². The third kappa shape index (κ3) is 4.07. The third-order valence-corrected chi connectivity index (χ3v) is 4.21. The van der Waals surface area contributed by atoms with Crippen LogP contribution in [0.25, 0.3) is 0 Å².